The standard InChI is InChI=1S/C15H24N4O/c20-15(19-11-7-16-8-12-19)14(13-5-4-6-17-13)18-9-2-1-3-10-18/h4-6,14,16-17H,1-3,7-12H2. The van der Waals surface area contributed by atoms with Gasteiger partial charge in [-0.2, -0.15) is 0 Å². The normalized spacial score (nSPS) is 22.7. The quantitative estimate of drug-likeness (QED) is 0.865. The molecule has 0 saturated carbocycles. The molecule has 2 aliphatic heterocycles. The van der Waals surface area contributed by atoms with Crippen molar-refractivity contribution in [1.82, 2.24) is 20.1 Å². The van der Waals surface area contributed by atoms with Crippen LogP contribution in [0, 0.1) is 0 Å². The van der Waals surface area contributed by atoms with Gasteiger partial charge in [-0.05, 0) is 38.1 Å². The van der Waals surface area contributed by atoms with Crippen molar-refractivity contribution in [3.05, 3.63) is 24.0 Å². The number of carbonyl (C=O) groups is 1. The second-order valence-corrected chi connectivity index (χ2v) is 5.70. The fourth-order valence-corrected chi connectivity index (χ4v) is 3.23. The molecule has 2 N–H and O–H groups in total. The summed E-state index contributed by atoms with van der Waals surface area (Å²) >= 11 is 0. The maximum Gasteiger partial charge on any atom is 0.246 e. The third-order valence-corrected chi connectivity index (χ3v) is 4.33. The van der Waals surface area contributed by atoms with Crippen molar-refractivity contribution in [3.8, 4) is 0 Å². The van der Waals surface area contributed by atoms with Gasteiger partial charge in [0.1, 0.15) is 6.04 Å². The SMILES string of the molecule is O=C(C(c1ccc[nH]1)N1CCCCC1)N1CCNCC1. The minimum atomic E-state index is -0.122. The molecule has 0 aromatic carbocycles. The van der Waals surface area contributed by atoms with Gasteiger partial charge in [0.15, 0.2) is 0 Å². The molecule has 20 heavy (non-hydrogen) atoms. The van der Waals surface area contributed by atoms with Crippen LogP contribution < -0.4 is 5.32 Å². The summed E-state index contributed by atoms with van der Waals surface area (Å²) in [6.45, 7) is 5.52. The number of nitrogens with zero attached hydrogens (tertiary/aromatic N) is 2. The van der Waals surface area contributed by atoms with Crippen LogP contribution in [0.1, 0.15) is 31.0 Å². The zero-order valence-corrected chi connectivity index (χ0v) is 12.0. The largest absolute Gasteiger partial charge is 0.363 e. The molecule has 1 amide bonds. The van der Waals surface area contributed by atoms with Crippen LogP contribution in [0.15, 0.2) is 18.3 Å². The Morgan fingerprint density at radius 3 is 2.50 bits per heavy atom. The Kier molecular flexibility index (Phi) is 4.38. The molecule has 2 aliphatic rings. The van der Waals surface area contributed by atoms with Crippen molar-refractivity contribution in [2.75, 3.05) is 39.3 Å². The van der Waals surface area contributed by atoms with Crippen LogP contribution in [0.5, 0.6) is 0 Å². The molecular weight excluding hydrogens is 252 g/mol. The van der Waals surface area contributed by atoms with Crippen molar-refractivity contribution in [3.63, 3.8) is 0 Å². The molecule has 1 aromatic rings. The summed E-state index contributed by atoms with van der Waals surface area (Å²) in [4.78, 5) is 20.5. The van der Waals surface area contributed by atoms with Gasteiger partial charge in [-0.1, -0.05) is 6.42 Å². The molecule has 0 radical (unpaired) electrons. The summed E-state index contributed by atoms with van der Waals surface area (Å²) in [5.41, 5.74) is 1.04. The molecule has 0 spiro atoms. The number of hydrogen-bond donors (Lipinski definition) is 2. The van der Waals surface area contributed by atoms with E-state index < -0.39 is 0 Å². The van der Waals surface area contributed by atoms with E-state index in [1.54, 1.807) is 0 Å². The summed E-state index contributed by atoms with van der Waals surface area (Å²) in [6, 6.07) is 3.90. The van der Waals surface area contributed by atoms with Gasteiger partial charge in [0, 0.05) is 38.1 Å². The first-order valence-electron chi connectivity index (χ1n) is 7.73. The van der Waals surface area contributed by atoms with Crippen molar-refractivity contribution < 1.29 is 4.79 Å². The maximum atomic E-state index is 12.9. The van der Waals surface area contributed by atoms with E-state index in [1.807, 2.05) is 23.2 Å². The summed E-state index contributed by atoms with van der Waals surface area (Å²) in [5, 5.41) is 3.31. The number of piperidine rings is 1. The monoisotopic (exact) mass is 276 g/mol. The molecule has 3 rings (SSSR count). The van der Waals surface area contributed by atoms with Gasteiger partial charge in [-0.15, -0.1) is 0 Å². The van der Waals surface area contributed by atoms with E-state index in [1.165, 1.54) is 19.3 Å². The molecule has 3 heterocycles. The van der Waals surface area contributed by atoms with E-state index in [-0.39, 0.29) is 11.9 Å². The Bertz CT molecular complexity index is 419. The predicted octanol–water partition coefficient (Wildman–Crippen LogP) is 0.974. The molecule has 2 saturated heterocycles. The molecule has 110 valence electrons. The molecule has 2 fully saturated rings. The van der Waals surface area contributed by atoms with E-state index in [2.05, 4.69) is 15.2 Å². The molecule has 5 nitrogen and oxygen atoms in total. The van der Waals surface area contributed by atoms with Gasteiger partial charge < -0.3 is 15.2 Å². The van der Waals surface area contributed by atoms with Crippen LogP contribution in [-0.2, 0) is 4.79 Å². The zero-order valence-electron chi connectivity index (χ0n) is 12.0. The lowest BCUT2D eigenvalue weighted by atomic mass is 10.0. The summed E-state index contributed by atoms with van der Waals surface area (Å²) in [7, 11) is 0. The Balaban J connectivity index is 1.78. The number of nitrogens with one attached hydrogen (secondary N) is 2. The van der Waals surface area contributed by atoms with E-state index in [0.29, 0.717) is 0 Å². The van der Waals surface area contributed by atoms with Crippen LogP contribution in [0.4, 0.5) is 0 Å². The van der Waals surface area contributed by atoms with Gasteiger partial charge in [-0.3, -0.25) is 9.69 Å². The molecular formula is C15H24N4O. The fraction of sp³-hybridized carbons (Fsp3) is 0.667. The molecule has 1 aromatic heterocycles. The Hall–Kier alpha value is -1.33. The van der Waals surface area contributed by atoms with E-state index in [4.69, 9.17) is 0 Å². The van der Waals surface area contributed by atoms with E-state index >= 15 is 0 Å². The number of aromatic amines is 1. The molecule has 1 unspecified atom stereocenters. The summed E-state index contributed by atoms with van der Waals surface area (Å²) in [6.07, 6.45) is 5.60. The summed E-state index contributed by atoms with van der Waals surface area (Å²) < 4.78 is 0. The highest BCUT2D eigenvalue weighted by atomic mass is 16.2. The number of amides is 1. The van der Waals surface area contributed by atoms with E-state index in [0.717, 1.165) is 45.0 Å². The van der Waals surface area contributed by atoms with Crippen LogP contribution in [0.25, 0.3) is 0 Å². The number of hydrogen-bond acceptors (Lipinski definition) is 3. The van der Waals surface area contributed by atoms with Crippen molar-refractivity contribution >= 4 is 5.91 Å². The Morgan fingerprint density at radius 1 is 1.10 bits per heavy atom. The highest BCUT2D eigenvalue weighted by molar-refractivity contribution is 5.83. The van der Waals surface area contributed by atoms with E-state index in [9.17, 15) is 4.79 Å². The molecule has 1 atom stereocenters. The second kappa shape index (κ2) is 6.41. The number of piperazine rings is 1. The fourth-order valence-electron chi connectivity index (χ4n) is 3.23. The number of aromatic nitrogens is 1. The summed E-state index contributed by atoms with van der Waals surface area (Å²) in [5.74, 6) is 0.260. The van der Waals surface area contributed by atoms with Crippen molar-refractivity contribution in [2.24, 2.45) is 0 Å². The smallest absolute Gasteiger partial charge is 0.246 e. The first-order chi connectivity index (χ1) is 9.86. The van der Waals surface area contributed by atoms with Crippen LogP contribution in [0.2, 0.25) is 0 Å². The van der Waals surface area contributed by atoms with Crippen LogP contribution in [0.3, 0.4) is 0 Å². The second-order valence-electron chi connectivity index (χ2n) is 5.70. The Morgan fingerprint density at radius 2 is 1.85 bits per heavy atom. The first kappa shape index (κ1) is 13.6. The molecule has 0 bridgehead atoms. The predicted molar refractivity (Wildman–Crippen MR) is 78.4 cm³/mol. The highest BCUT2D eigenvalue weighted by Gasteiger charge is 2.33. The third kappa shape index (κ3) is 2.88. The molecule has 5 heteroatoms. The number of likely N-dealkylation sites (tertiary alicyclic amines) is 1. The number of rotatable bonds is 3. The van der Waals surface area contributed by atoms with Gasteiger partial charge in [0.2, 0.25) is 5.91 Å². The highest BCUT2D eigenvalue weighted by Crippen LogP contribution is 2.25. The van der Waals surface area contributed by atoms with Crippen molar-refractivity contribution in [1.29, 1.82) is 0 Å². The number of H-pyrrole nitrogens is 1. The lowest BCUT2D eigenvalue weighted by Crippen LogP contribution is -2.51. The topological polar surface area (TPSA) is 51.4 Å². The minimum absolute atomic E-state index is 0.122. The Labute approximate surface area is 120 Å². The zero-order chi connectivity index (χ0) is 13.8. The first-order valence-corrected chi connectivity index (χ1v) is 7.73. The maximum absolute atomic E-state index is 12.9. The van der Waals surface area contributed by atoms with Crippen LogP contribution >= 0.6 is 0 Å². The van der Waals surface area contributed by atoms with Gasteiger partial charge in [0.25, 0.3) is 0 Å². The minimum Gasteiger partial charge on any atom is -0.363 e. The van der Waals surface area contributed by atoms with Crippen molar-refractivity contribution in [2.45, 2.75) is 25.3 Å². The lowest BCUT2D eigenvalue weighted by Gasteiger charge is -2.37. The van der Waals surface area contributed by atoms with Gasteiger partial charge in [-0.25, -0.2) is 0 Å². The average molecular weight is 276 g/mol. The average Bonchev–Trinajstić information content (AvgIpc) is 3.03. The van der Waals surface area contributed by atoms with Crippen LogP contribution in [-0.4, -0.2) is 60.0 Å². The van der Waals surface area contributed by atoms with Gasteiger partial charge >= 0.3 is 0 Å². The van der Waals surface area contributed by atoms with Gasteiger partial charge in [0.05, 0.1) is 0 Å². The molecule has 0 aliphatic carbocycles. The third-order valence-electron chi connectivity index (χ3n) is 4.33. The number of carbonyl (C=O) groups excluding carboxylic acids is 1. The lowest BCUT2D eigenvalue weighted by molar-refractivity contribution is -0.138.